The Bertz CT molecular complexity index is 861. The maximum Gasteiger partial charge on any atom is 0.246 e. The number of methoxy groups -OCH3 is 1. The third kappa shape index (κ3) is 3.99. The third-order valence-electron chi connectivity index (χ3n) is 4.51. The van der Waals surface area contributed by atoms with Crippen molar-refractivity contribution in [3.8, 4) is 5.75 Å². The fourth-order valence-electron chi connectivity index (χ4n) is 2.99. The molecule has 3 rings (SSSR count). The van der Waals surface area contributed by atoms with Crippen LogP contribution in [0.4, 0.5) is 0 Å². The number of likely N-dealkylation sites (tertiary alicyclic amines) is 1. The highest BCUT2D eigenvalue weighted by molar-refractivity contribution is 7.92. The fourth-order valence-corrected chi connectivity index (χ4v) is 4.72. The van der Waals surface area contributed by atoms with Gasteiger partial charge in [0.25, 0.3) is 0 Å². The molecule has 2 heterocycles. The third-order valence-corrected chi connectivity index (χ3v) is 6.79. The summed E-state index contributed by atoms with van der Waals surface area (Å²) in [6, 6.07) is 9.93. The Kier molecular flexibility index (Phi) is 5.46. The zero-order valence-electron chi connectivity index (χ0n) is 14.5. The van der Waals surface area contributed by atoms with E-state index in [4.69, 9.17) is 9.15 Å². The summed E-state index contributed by atoms with van der Waals surface area (Å²) in [6.45, 7) is 0.836. The van der Waals surface area contributed by atoms with Gasteiger partial charge in [0, 0.05) is 19.2 Å². The Morgan fingerprint density at radius 1 is 1.19 bits per heavy atom. The molecule has 1 amide bonds. The van der Waals surface area contributed by atoms with E-state index >= 15 is 0 Å². The summed E-state index contributed by atoms with van der Waals surface area (Å²) in [5.74, 6) is 1.09. The van der Waals surface area contributed by atoms with E-state index in [1.165, 1.54) is 13.2 Å². The molecule has 0 unspecified atom stereocenters. The van der Waals surface area contributed by atoms with Gasteiger partial charge in [0.2, 0.25) is 5.91 Å². The topological polar surface area (TPSA) is 76.8 Å². The van der Waals surface area contributed by atoms with Gasteiger partial charge in [-0.2, -0.15) is 0 Å². The van der Waals surface area contributed by atoms with Crippen LogP contribution in [0.2, 0.25) is 0 Å². The van der Waals surface area contributed by atoms with E-state index in [1.54, 1.807) is 53.6 Å². The number of furan rings is 1. The molecule has 1 aromatic heterocycles. The predicted molar refractivity (Wildman–Crippen MR) is 97.5 cm³/mol. The Labute approximate surface area is 153 Å². The minimum absolute atomic E-state index is 0.137. The molecule has 0 bridgehead atoms. The quantitative estimate of drug-likeness (QED) is 0.751. The van der Waals surface area contributed by atoms with Crippen molar-refractivity contribution in [2.24, 2.45) is 0 Å². The SMILES string of the molecule is COc1ccc(S(=O)(=O)C2CCN(C(=O)C=Cc3ccco3)CC2)cc1. The predicted octanol–water partition coefficient (Wildman–Crippen LogP) is 2.77. The van der Waals surface area contributed by atoms with Crippen LogP contribution in [0.3, 0.4) is 0 Å². The number of piperidine rings is 1. The molecule has 0 saturated carbocycles. The molecule has 1 aliphatic heterocycles. The monoisotopic (exact) mass is 375 g/mol. The van der Waals surface area contributed by atoms with Crippen molar-refractivity contribution < 1.29 is 22.4 Å². The summed E-state index contributed by atoms with van der Waals surface area (Å²) in [4.78, 5) is 14.2. The van der Waals surface area contributed by atoms with Crippen molar-refractivity contribution in [3.05, 3.63) is 54.5 Å². The lowest BCUT2D eigenvalue weighted by molar-refractivity contribution is -0.126. The molecule has 7 heteroatoms. The summed E-state index contributed by atoms with van der Waals surface area (Å²) in [5, 5.41) is -0.478. The Balaban J connectivity index is 1.61. The van der Waals surface area contributed by atoms with E-state index in [9.17, 15) is 13.2 Å². The highest BCUT2D eigenvalue weighted by Crippen LogP contribution is 2.26. The number of carbonyl (C=O) groups excluding carboxylic acids is 1. The van der Waals surface area contributed by atoms with Crippen molar-refractivity contribution in [3.63, 3.8) is 0 Å². The van der Waals surface area contributed by atoms with Gasteiger partial charge in [0.15, 0.2) is 9.84 Å². The van der Waals surface area contributed by atoms with Crippen LogP contribution in [0.25, 0.3) is 6.08 Å². The summed E-state index contributed by atoms with van der Waals surface area (Å²) in [6.07, 6.45) is 5.46. The van der Waals surface area contributed by atoms with Crippen LogP contribution in [-0.2, 0) is 14.6 Å². The lowest BCUT2D eigenvalue weighted by atomic mass is 10.1. The Morgan fingerprint density at radius 3 is 2.46 bits per heavy atom. The summed E-state index contributed by atoms with van der Waals surface area (Å²) in [5.41, 5.74) is 0. The first-order valence-electron chi connectivity index (χ1n) is 8.39. The number of benzene rings is 1. The minimum atomic E-state index is -3.41. The molecule has 26 heavy (non-hydrogen) atoms. The molecule has 1 aliphatic rings. The van der Waals surface area contributed by atoms with E-state index in [0.29, 0.717) is 42.3 Å². The second-order valence-corrected chi connectivity index (χ2v) is 8.32. The maximum absolute atomic E-state index is 12.8. The van der Waals surface area contributed by atoms with Gasteiger partial charge in [-0.3, -0.25) is 4.79 Å². The summed E-state index contributed by atoms with van der Waals surface area (Å²) in [7, 11) is -1.87. The molecule has 6 nitrogen and oxygen atoms in total. The number of nitrogens with zero attached hydrogens (tertiary/aromatic N) is 1. The van der Waals surface area contributed by atoms with E-state index in [-0.39, 0.29) is 5.91 Å². The Morgan fingerprint density at radius 2 is 1.88 bits per heavy atom. The van der Waals surface area contributed by atoms with Gasteiger partial charge in [0.05, 0.1) is 23.5 Å². The number of hydrogen-bond acceptors (Lipinski definition) is 5. The first-order valence-corrected chi connectivity index (χ1v) is 9.94. The average molecular weight is 375 g/mol. The molecule has 0 N–H and O–H groups in total. The lowest BCUT2D eigenvalue weighted by Crippen LogP contribution is -2.41. The summed E-state index contributed by atoms with van der Waals surface area (Å²) < 4.78 is 35.8. The van der Waals surface area contributed by atoms with Gasteiger partial charge < -0.3 is 14.1 Å². The maximum atomic E-state index is 12.8. The smallest absolute Gasteiger partial charge is 0.246 e. The molecule has 138 valence electrons. The standard InChI is InChI=1S/C19H21NO5S/c1-24-15-4-7-17(8-5-15)26(22,23)18-10-12-20(13-11-18)19(21)9-6-16-3-2-14-25-16/h2-9,14,18H,10-13H2,1H3. The molecule has 1 fully saturated rings. The fraction of sp³-hybridized carbons (Fsp3) is 0.316. The number of carbonyl (C=O) groups is 1. The number of ether oxygens (including phenoxy) is 1. The van der Waals surface area contributed by atoms with Crippen molar-refractivity contribution in [2.75, 3.05) is 20.2 Å². The van der Waals surface area contributed by atoms with Gasteiger partial charge >= 0.3 is 0 Å². The number of rotatable bonds is 5. The molecule has 0 atom stereocenters. The van der Waals surface area contributed by atoms with Crippen LogP contribution in [0.1, 0.15) is 18.6 Å². The molecule has 2 aromatic rings. The van der Waals surface area contributed by atoms with Gasteiger partial charge in [0.1, 0.15) is 11.5 Å². The van der Waals surface area contributed by atoms with Gasteiger partial charge in [-0.05, 0) is 55.3 Å². The van der Waals surface area contributed by atoms with Crippen LogP contribution in [0, 0.1) is 0 Å². The largest absolute Gasteiger partial charge is 0.497 e. The number of sulfone groups is 1. The molecule has 0 radical (unpaired) electrons. The lowest BCUT2D eigenvalue weighted by Gasteiger charge is -2.31. The first-order chi connectivity index (χ1) is 12.5. The van der Waals surface area contributed by atoms with Gasteiger partial charge in [-0.1, -0.05) is 0 Å². The second kappa shape index (κ2) is 7.78. The zero-order valence-corrected chi connectivity index (χ0v) is 15.3. The van der Waals surface area contributed by atoms with E-state index in [1.807, 2.05) is 0 Å². The normalized spacial score (nSPS) is 16.1. The molecule has 0 aliphatic carbocycles. The minimum Gasteiger partial charge on any atom is -0.497 e. The van der Waals surface area contributed by atoms with Crippen LogP contribution in [0.5, 0.6) is 5.75 Å². The van der Waals surface area contributed by atoms with Crippen molar-refractivity contribution in [1.82, 2.24) is 4.90 Å². The van der Waals surface area contributed by atoms with Crippen LogP contribution >= 0.6 is 0 Å². The number of amides is 1. The van der Waals surface area contributed by atoms with E-state index in [2.05, 4.69) is 0 Å². The molecular formula is C19H21NO5S. The van der Waals surface area contributed by atoms with Crippen molar-refractivity contribution in [1.29, 1.82) is 0 Å². The van der Waals surface area contributed by atoms with Crippen LogP contribution < -0.4 is 4.74 Å². The van der Waals surface area contributed by atoms with E-state index < -0.39 is 15.1 Å². The highest BCUT2D eigenvalue weighted by atomic mass is 32.2. The van der Waals surface area contributed by atoms with Gasteiger partial charge in [-0.25, -0.2) is 8.42 Å². The zero-order chi connectivity index (χ0) is 18.6. The average Bonchev–Trinajstić information content (AvgIpc) is 3.20. The van der Waals surface area contributed by atoms with Gasteiger partial charge in [-0.15, -0.1) is 0 Å². The molecule has 0 spiro atoms. The molecular weight excluding hydrogens is 354 g/mol. The highest BCUT2D eigenvalue weighted by Gasteiger charge is 2.32. The van der Waals surface area contributed by atoms with Crippen LogP contribution in [-0.4, -0.2) is 44.7 Å². The number of hydrogen-bond donors (Lipinski definition) is 0. The second-order valence-electron chi connectivity index (χ2n) is 6.09. The summed E-state index contributed by atoms with van der Waals surface area (Å²) >= 11 is 0. The van der Waals surface area contributed by atoms with E-state index in [0.717, 1.165) is 0 Å². The van der Waals surface area contributed by atoms with Crippen LogP contribution in [0.15, 0.2) is 58.1 Å². The molecule has 1 aromatic carbocycles. The van der Waals surface area contributed by atoms with Crippen molar-refractivity contribution in [2.45, 2.75) is 23.0 Å². The molecule has 1 saturated heterocycles. The van der Waals surface area contributed by atoms with Crippen molar-refractivity contribution >= 4 is 21.8 Å². The Hall–Kier alpha value is -2.54. The first kappa shape index (κ1) is 18.3.